The fourth-order valence-corrected chi connectivity index (χ4v) is 2.13. The van der Waals surface area contributed by atoms with Crippen LogP contribution >= 0.6 is 0 Å². The molecule has 5 nitrogen and oxygen atoms in total. The van der Waals surface area contributed by atoms with E-state index in [1.54, 1.807) is 0 Å². The van der Waals surface area contributed by atoms with Crippen molar-refractivity contribution < 1.29 is 19.7 Å². The van der Waals surface area contributed by atoms with Gasteiger partial charge in [-0.1, -0.05) is 6.07 Å². The van der Waals surface area contributed by atoms with Crippen LogP contribution in [0.2, 0.25) is 0 Å². The molecular weight excluding hydrogens is 258 g/mol. The summed E-state index contributed by atoms with van der Waals surface area (Å²) in [6, 6.07) is 5.49. The molecule has 1 heterocycles. The SMILES string of the molecule is CC(C)(CCO)NCC(O)c1ccc2c(c1)OCCO2. The molecule has 1 atom stereocenters. The molecule has 2 rings (SSSR count). The number of hydrogen-bond acceptors (Lipinski definition) is 5. The van der Waals surface area contributed by atoms with Crippen molar-refractivity contribution in [3.8, 4) is 11.5 Å². The Balaban J connectivity index is 1.97. The van der Waals surface area contributed by atoms with Gasteiger partial charge in [-0.2, -0.15) is 0 Å². The van der Waals surface area contributed by atoms with E-state index in [0.29, 0.717) is 31.9 Å². The van der Waals surface area contributed by atoms with Crippen LogP contribution in [0.3, 0.4) is 0 Å². The summed E-state index contributed by atoms with van der Waals surface area (Å²) in [4.78, 5) is 0. The van der Waals surface area contributed by atoms with Gasteiger partial charge in [0.1, 0.15) is 13.2 Å². The Labute approximate surface area is 119 Å². The number of ether oxygens (including phenoxy) is 2. The third kappa shape index (κ3) is 3.85. The monoisotopic (exact) mass is 281 g/mol. The second-order valence-corrected chi connectivity index (χ2v) is 5.66. The smallest absolute Gasteiger partial charge is 0.161 e. The molecule has 0 saturated carbocycles. The summed E-state index contributed by atoms with van der Waals surface area (Å²) >= 11 is 0. The lowest BCUT2D eigenvalue weighted by atomic mass is 10.00. The van der Waals surface area contributed by atoms with E-state index in [2.05, 4.69) is 5.32 Å². The molecule has 0 amide bonds. The highest BCUT2D eigenvalue weighted by atomic mass is 16.6. The van der Waals surface area contributed by atoms with Crippen molar-refractivity contribution >= 4 is 0 Å². The third-order valence-electron chi connectivity index (χ3n) is 3.46. The van der Waals surface area contributed by atoms with Gasteiger partial charge in [0.05, 0.1) is 6.10 Å². The first-order valence-electron chi connectivity index (χ1n) is 6.95. The van der Waals surface area contributed by atoms with Crippen LogP contribution in [0, 0.1) is 0 Å². The van der Waals surface area contributed by atoms with E-state index in [4.69, 9.17) is 14.6 Å². The molecule has 1 aliphatic rings. The van der Waals surface area contributed by atoms with E-state index in [-0.39, 0.29) is 12.1 Å². The molecule has 0 aromatic heterocycles. The number of aliphatic hydroxyl groups is 2. The summed E-state index contributed by atoms with van der Waals surface area (Å²) in [6.07, 6.45) is 0.0183. The van der Waals surface area contributed by atoms with Crippen molar-refractivity contribution in [2.45, 2.75) is 31.9 Å². The highest BCUT2D eigenvalue weighted by molar-refractivity contribution is 5.44. The van der Waals surface area contributed by atoms with Gasteiger partial charge in [0.25, 0.3) is 0 Å². The number of fused-ring (bicyclic) bond motifs is 1. The van der Waals surface area contributed by atoms with Crippen LogP contribution in [-0.2, 0) is 0 Å². The summed E-state index contributed by atoms with van der Waals surface area (Å²) in [5.74, 6) is 1.41. The zero-order chi connectivity index (χ0) is 14.6. The molecule has 0 aliphatic carbocycles. The number of benzene rings is 1. The number of rotatable bonds is 6. The molecule has 0 bridgehead atoms. The average molecular weight is 281 g/mol. The van der Waals surface area contributed by atoms with Crippen molar-refractivity contribution in [2.75, 3.05) is 26.4 Å². The summed E-state index contributed by atoms with van der Waals surface area (Å²) in [5, 5.41) is 22.5. The van der Waals surface area contributed by atoms with Gasteiger partial charge < -0.3 is 25.0 Å². The van der Waals surface area contributed by atoms with Crippen LogP contribution < -0.4 is 14.8 Å². The Morgan fingerprint density at radius 1 is 1.25 bits per heavy atom. The van der Waals surface area contributed by atoms with Crippen LogP contribution in [0.4, 0.5) is 0 Å². The minimum Gasteiger partial charge on any atom is -0.486 e. The molecule has 0 spiro atoms. The number of hydrogen-bond donors (Lipinski definition) is 3. The summed E-state index contributed by atoms with van der Waals surface area (Å²) < 4.78 is 11.0. The van der Waals surface area contributed by atoms with Crippen molar-refractivity contribution in [3.63, 3.8) is 0 Å². The van der Waals surface area contributed by atoms with E-state index < -0.39 is 6.10 Å². The Hall–Kier alpha value is -1.30. The molecule has 20 heavy (non-hydrogen) atoms. The van der Waals surface area contributed by atoms with Crippen LogP contribution in [0.25, 0.3) is 0 Å². The Morgan fingerprint density at radius 2 is 1.95 bits per heavy atom. The third-order valence-corrected chi connectivity index (χ3v) is 3.46. The van der Waals surface area contributed by atoms with Gasteiger partial charge in [-0.3, -0.25) is 0 Å². The van der Waals surface area contributed by atoms with Crippen molar-refractivity contribution in [3.05, 3.63) is 23.8 Å². The zero-order valence-corrected chi connectivity index (χ0v) is 12.1. The van der Waals surface area contributed by atoms with E-state index in [9.17, 15) is 5.11 Å². The lowest BCUT2D eigenvalue weighted by molar-refractivity contribution is 0.148. The second kappa shape index (κ2) is 6.43. The maximum absolute atomic E-state index is 10.2. The Bertz CT molecular complexity index is 447. The van der Waals surface area contributed by atoms with E-state index in [1.165, 1.54) is 0 Å². The summed E-state index contributed by atoms with van der Waals surface area (Å²) in [7, 11) is 0. The fraction of sp³-hybridized carbons (Fsp3) is 0.600. The fourth-order valence-electron chi connectivity index (χ4n) is 2.13. The number of nitrogens with one attached hydrogen (secondary N) is 1. The molecule has 1 aromatic rings. The highest BCUT2D eigenvalue weighted by Crippen LogP contribution is 2.32. The number of β-amino-alcohol motifs (C(OH)–C–C–N with tert-alkyl or cyclic N) is 1. The Kier molecular flexibility index (Phi) is 4.86. The predicted molar refractivity (Wildman–Crippen MR) is 76.2 cm³/mol. The first-order chi connectivity index (χ1) is 9.52. The molecule has 0 fully saturated rings. The molecule has 3 N–H and O–H groups in total. The minimum atomic E-state index is -0.621. The molecule has 1 aliphatic heterocycles. The molecule has 0 saturated heterocycles. The highest BCUT2D eigenvalue weighted by Gasteiger charge is 2.20. The first-order valence-corrected chi connectivity index (χ1v) is 6.95. The predicted octanol–water partition coefficient (Wildman–Crippen LogP) is 1.24. The van der Waals surface area contributed by atoms with Crippen LogP contribution in [0.5, 0.6) is 11.5 Å². The zero-order valence-electron chi connectivity index (χ0n) is 12.1. The molecular formula is C15H23NO4. The van der Waals surface area contributed by atoms with Gasteiger partial charge >= 0.3 is 0 Å². The van der Waals surface area contributed by atoms with Gasteiger partial charge in [-0.25, -0.2) is 0 Å². The van der Waals surface area contributed by atoms with E-state index >= 15 is 0 Å². The largest absolute Gasteiger partial charge is 0.486 e. The van der Waals surface area contributed by atoms with Crippen molar-refractivity contribution in [1.29, 1.82) is 0 Å². The molecule has 1 unspecified atom stereocenters. The summed E-state index contributed by atoms with van der Waals surface area (Å²) in [6.45, 7) is 5.65. The van der Waals surface area contributed by atoms with Crippen LogP contribution in [0.15, 0.2) is 18.2 Å². The van der Waals surface area contributed by atoms with Crippen molar-refractivity contribution in [1.82, 2.24) is 5.32 Å². The normalized spacial score (nSPS) is 16.0. The van der Waals surface area contributed by atoms with E-state index in [0.717, 1.165) is 11.3 Å². The van der Waals surface area contributed by atoms with Gasteiger partial charge in [0.2, 0.25) is 0 Å². The van der Waals surface area contributed by atoms with Gasteiger partial charge in [0, 0.05) is 18.7 Å². The lowest BCUT2D eigenvalue weighted by Crippen LogP contribution is -2.42. The molecule has 0 radical (unpaired) electrons. The van der Waals surface area contributed by atoms with Gasteiger partial charge in [0.15, 0.2) is 11.5 Å². The van der Waals surface area contributed by atoms with Crippen molar-refractivity contribution in [2.24, 2.45) is 0 Å². The molecule has 1 aromatic carbocycles. The topological polar surface area (TPSA) is 71.0 Å². The van der Waals surface area contributed by atoms with Crippen LogP contribution in [0.1, 0.15) is 31.9 Å². The van der Waals surface area contributed by atoms with Gasteiger partial charge in [-0.05, 0) is 38.0 Å². The standard InChI is InChI=1S/C15H23NO4/c1-15(2,5-6-17)16-10-12(18)11-3-4-13-14(9-11)20-8-7-19-13/h3-4,9,12,16-18H,5-8,10H2,1-2H3. The second-order valence-electron chi connectivity index (χ2n) is 5.66. The Morgan fingerprint density at radius 3 is 2.65 bits per heavy atom. The van der Waals surface area contributed by atoms with E-state index in [1.807, 2.05) is 32.0 Å². The molecule has 112 valence electrons. The van der Waals surface area contributed by atoms with Gasteiger partial charge in [-0.15, -0.1) is 0 Å². The average Bonchev–Trinajstić information content (AvgIpc) is 2.44. The lowest BCUT2D eigenvalue weighted by Gasteiger charge is -2.27. The number of aliphatic hydroxyl groups excluding tert-OH is 2. The first kappa shape index (κ1) is 15.1. The quantitative estimate of drug-likeness (QED) is 0.732. The summed E-state index contributed by atoms with van der Waals surface area (Å²) in [5.41, 5.74) is 0.588. The molecule has 5 heteroatoms. The minimum absolute atomic E-state index is 0.125. The maximum Gasteiger partial charge on any atom is 0.161 e. The van der Waals surface area contributed by atoms with Crippen LogP contribution in [-0.4, -0.2) is 42.1 Å². The maximum atomic E-state index is 10.2.